The van der Waals surface area contributed by atoms with E-state index in [-0.39, 0.29) is 18.6 Å². The first-order valence-corrected chi connectivity index (χ1v) is 10.4. The number of amidine groups is 1. The molecular formula is C13H12N6O2S3. The van der Waals surface area contributed by atoms with Crippen LogP contribution in [-0.4, -0.2) is 55.5 Å². The quantitative estimate of drug-likeness (QED) is 0.871. The number of nitrogens with one attached hydrogen (secondary N) is 1. The number of hydrazone groups is 1. The Morgan fingerprint density at radius 1 is 1.42 bits per heavy atom. The largest absolute Gasteiger partial charge is 0.348 e. The molecule has 2 aliphatic rings. The number of urea groups is 1. The SMILES string of the molecule is CS(=O)CN1NN=C2C(c3nc(-c4ccsc4)cs3)=NCN2C1=O. The number of amides is 2. The standard InChI is InChI=1S/C13H12N6O2S3/c1-24(21)7-19-13(20)18-6-14-10(11(18)16-17-19)12-15-9(5-23-12)8-2-3-22-4-8/h2-5,17H,6-7H2,1H3. The predicted molar refractivity (Wildman–Crippen MR) is 95.4 cm³/mol. The van der Waals surface area contributed by atoms with E-state index < -0.39 is 10.8 Å². The molecule has 2 aliphatic heterocycles. The number of thiazole rings is 1. The maximum Gasteiger partial charge on any atom is 0.348 e. The van der Waals surface area contributed by atoms with Gasteiger partial charge in [-0.25, -0.2) is 20.3 Å². The van der Waals surface area contributed by atoms with Crippen LogP contribution in [0.2, 0.25) is 0 Å². The molecule has 0 fully saturated rings. The van der Waals surface area contributed by atoms with Crippen LogP contribution >= 0.6 is 22.7 Å². The van der Waals surface area contributed by atoms with E-state index in [9.17, 15) is 9.00 Å². The van der Waals surface area contributed by atoms with Gasteiger partial charge in [-0.3, -0.25) is 14.1 Å². The molecule has 2 aromatic heterocycles. The predicted octanol–water partition coefficient (Wildman–Crippen LogP) is 1.52. The van der Waals surface area contributed by atoms with Crippen molar-refractivity contribution in [2.75, 3.05) is 18.8 Å². The van der Waals surface area contributed by atoms with E-state index in [0.717, 1.165) is 16.3 Å². The summed E-state index contributed by atoms with van der Waals surface area (Å²) in [4.78, 5) is 22.9. The molecule has 4 rings (SSSR count). The lowest BCUT2D eigenvalue weighted by Crippen LogP contribution is -2.55. The fraction of sp³-hybridized carbons (Fsp3) is 0.231. The van der Waals surface area contributed by atoms with E-state index in [1.807, 2.05) is 22.2 Å². The second kappa shape index (κ2) is 6.07. The Balaban J connectivity index is 1.59. The number of hydrazine groups is 1. The number of hydrogen-bond acceptors (Lipinski definition) is 8. The molecule has 0 bridgehead atoms. The molecule has 1 N–H and O–H groups in total. The van der Waals surface area contributed by atoms with Crippen LogP contribution in [-0.2, 0) is 10.8 Å². The normalized spacial score (nSPS) is 18.1. The van der Waals surface area contributed by atoms with Crippen LogP contribution in [0.15, 0.2) is 32.3 Å². The van der Waals surface area contributed by atoms with E-state index in [4.69, 9.17) is 0 Å². The van der Waals surface area contributed by atoms with E-state index in [0.29, 0.717) is 11.5 Å². The molecule has 0 aliphatic carbocycles. The summed E-state index contributed by atoms with van der Waals surface area (Å²) in [6, 6.07) is 1.70. The summed E-state index contributed by atoms with van der Waals surface area (Å²) in [6.45, 7) is 0.189. The topological polar surface area (TPSA) is 90.3 Å². The molecule has 4 heterocycles. The summed E-state index contributed by atoms with van der Waals surface area (Å²) >= 11 is 3.08. The van der Waals surface area contributed by atoms with Crippen molar-refractivity contribution in [1.29, 1.82) is 0 Å². The Bertz CT molecular complexity index is 872. The third-order valence-corrected chi connectivity index (χ3v) is 5.56. The van der Waals surface area contributed by atoms with Crippen LogP contribution in [0, 0.1) is 0 Å². The van der Waals surface area contributed by atoms with Crippen LogP contribution in [0.1, 0.15) is 5.01 Å². The Kier molecular flexibility index (Phi) is 3.90. The van der Waals surface area contributed by atoms with E-state index >= 15 is 0 Å². The van der Waals surface area contributed by atoms with Crippen LogP contribution in [0.4, 0.5) is 4.79 Å². The third-order valence-electron chi connectivity index (χ3n) is 3.41. The van der Waals surface area contributed by atoms with Gasteiger partial charge >= 0.3 is 6.03 Å². The average Bonchev–Trinajstić information content (AvgIpc) is 3.28. The molecule has 24 heavy (non-hydrogen) atoms. The third kappa shape index (κ3) is 2.64. The maximum absolute atomic E-state index is 12.4. The number of carbonyl (C=O) groups is 1. The molecule has 8 nitrogen and oxygen atoms in total. The molecule has 0 spiro atoms. The van der Waals surface area contributed by atoms with Crippen molar-refractivity contribution in [3.63, 3.8) is 0 Å². The van der Waals surface area contributed by atoms with Crippen LogP contribution in [0.5, 0.6) is 0 Å². The van der Waals surface area contributed by atoms with Gasteiger partial charge in [-0.2, -0.15) is 11.3 Å². The fourth-order valence-corrected chi connectivity index (χ4v) is 4.33. The number of aliphatic imine (C=N–C) groups is 1. The lowest BCUT2D eigenvalue weighted by atomic mass is 10.3. The lowest BCUT2D eigenvalue weighted by molar-refractivity contribution is 0.155. The summed E-state index contributed by atoms with van der Waals surface area (Å²) in [5, 5.41) is 12.2. The van der Waals surface area contributed by atoms with Gasteiger partial charge in [-0.1, -0.05) is 0 Å². The highest BCUT2D eigenvalue weighted by Crippen LogP contribution is 2.26. The van der Waals surface area contributed by atoms with Gasteiger partial charge in [0.25, 0.3) is 0 Å². The Morgan fingerprint density at radius 2 is 2.29 bits per heavy atom. The number of aromatic nitrogens is 1. The first-order valence-electron chi connectivity index (χ1n) is 6.89. The maximum atomic E-state index is 12.4. The molecule has 11 heteroatoms. The zero-order valence-corrected chi connectivity index (χ0v) is 15.0. The minimum Gasteiger partial charge on any atom is -0.258 e. The van der Waals surface area contributed by atoms with Gasteiger partial charge in [-0.15, -0.1) is 16.4 Å². The van der Waals surface area contributed by atoms with Gasteiger partial charge < -0.3 is 0 Å². The van der Waals surface area contributed by atoms with Crippen molar-refractivity contribution in [1.82, 2.24) is 20.4 Å². The number of fused-ring (bicyclic) bond motifs is 1. The van der Waals surface area contributed by atoms with Crippen molar-refractivity contribution in [3.05, 3.63) is 27.2 Å². The minimum atomic E-state index is -1.15. The molecule has 2 aromatic rings. The Labute approximate surface area is 148 Å². The van der Waals surface area contributed by atoms with Gasteiger partial charge in [0.1, 0.15) is 23.3 Å². The first kappa shape index (κ1) is 15.4. The van der Waals surface area contributed by atoms with Crippen molar-refractivity contribution < 1.29 is 9.00 Å². The van der Waals surface area contributed by atoms with Crippen molar-refractivity contribution >= 4 is 51.1 Å². The second-order valence-electron chi connectivity index (χ2n) is 5.07. The zero-order valence-electron chi connectivity index (χ0n) is 12.5. The molecule has 1 unspecified atom stereocenters. The molecule has 0 aromatic carbocycles. The molecule has 0 radical (unpaired) electrons. The van der Waals surface area contributed by atoms with Crippen molar-refractivity contribution in [2.24, 2.45) is 10.1 Å². The van der Waals surface area contributed by atoms with Crippen molar-refractivity contribution in [2.45, 2.75) is 0 Å². The second-order valence-corrected chi connectivity index (χ2v) is 8.12. The van der Waals surface area contributed by atoms with E-state index in [1.165, 1.54) is 27.5 Å². The molecule has 1 atom stereocenters. The van der Waals surface area contributed by atoms with Gasteiger partial charge in [0.2, 0.25) is 0 Å². The monoisotopic (exact) mass is 380 g/mol. The van der Waals surface area contributed by atoms with Gasteiger partial charge in [0.05, 0.1) is 5.69 Å². The molecular weight excluding hydrogens is 368 g/mol. The Hall–Kier alpha value is -2.11. The van der Waals surface area contributed by atoms with Crippen molar-refractivity contribution in [3.8, 4) is 11.3 Å². The molecule has 124 valence electrons. The number of carbonyl (C=O) groups excluding carboxylic acids is 1. The molecule has 0 saturated carbocycles. The first-order chi connectivity index (χ1) is 11.6. The lowest BCUT2D eigenvalue weighted by Gasteiger charge is -2.30. The van der Waals surface area contributed by atoms with Crippen LogP contribution in [0.25, 0.3) is 11.3 Å². The minimum absolute atomic E-state index is 0.0704. The van der Waals surface area contributed by atoms with Crippen LogP contribution < -0.4 is 5.53 Å². The highest BCUT2D eigenvalue weighted by molar-refractivity contribution is 7.84. The number of hydrogen-bond donors (Lipinski definition) is 1. The van der Waals surface area contributed by atoms with E-state index in [1.54, 1.807) is 11.3 Å². The Morgan fingerprint density at radius 3 is 3.04 bits per heavy atom. The van der Waals surface area contributed by atoms with E-state index in [2.05, 4.69) is 20.6 Å². The summed E-state index contributed by atoms with van der Waals surface area (Å²) in [7, 11) is -1.15. The summed E-state index contributed by atoms with van der Waals surface area (Å²) in [6.07, 6.45) is 1.53. The number of nitrogens with zero attached hydrogens (tertiary/aromatic N) is 5. The summed E-state index contributed by atoms with van der Waals surface area (Å²) in [5.74, 6) is 0.519. The highest BCUT2D eigenvalue weighted by atomic mass is 32.2. The number of rotatable bonds is 4. The van der Waals surface area contributed by atoms with Crippen LogP contribution in [0.3, 0.4) is 0 Å². The zero-order chi connectivity index (χ0) is 16.7. The smallest absolute Gasteiger partial charge is 0.258 e. The van der Waals surface area contributed by atoms with Gasteiger partial charge in [-0.05, 0) is 11.4 Å². The summed E-state index contributed by atoms with van der Waals surface area (Å²) in [5.41, 5.74) is 5.19. The fourth-order valence-electron chi connectivity index (χ4n) is 2.32. The number of thiophene rings is 1. The average molecular weight is 380 g/mol. The summed E-state index contributed by atoms with van der Waals surface area (Å²) < 4.78 is 11.3. The molecule has 0 saturated heterocycles. The highest BCUT2D eigenvalue weighted by Gasteiger charge is 2.37. The molecule has 2 amide bonds. The van der Waals surface area contributed by atoms with Gasteiger partial charge in [0.15, 0.2) is 5.84 Å². The van der Waals surface area contributed by atoms with Gasteiger partial charge in [0, 0.05) is 33.4 Å².